The molecule has 0 fully saturated rings. The van der Waals surface area contributed by atoms with E-state index in [1.807, 2.05) is 0 Å². The average Bonchev–Trinajstić information content (AvgIpc) is 2.38. The number of carbonyl (C=O) groups is 1. The number of nitrogens with two attached hydrogens (primary N) is 1. The summed E-state index contributed by atoms with van der Waals surface area (Å²) in [5.74, 6) is -1.31. The van der Waals surface area contributed by atoms with Crippen molar-refractivity contribution in [2.75, 3.05) is 5.73 Å². The lowest BCUT2D eigenvalue weighted by atomic mass is 10.2. The zero-order valence-electron chi connectivity index (χ0n) is 10.7. The van der Waals surface area contributed by atoms with Gasteiger partial charge >= 0.3 is 5.97 Å². The van der Waals surface area contributed by atoms with Crippen molar-refractivity contribution < 1.29 is 28.0 Å². The molecule has 0 aromatic heterocycles. The van der Waals surface area contributed by atoms with E-state index in [-0.39, 0.29) is 16.2 Å². The van der Waals surface area contributed by atoms with Gasteiger partial charge in [0.2, 0.25) is 0 Å². The van der Waals surface area contributed by atoms with Gasteiger partial charge in [-0.25, -0.2) is 4.79 Å². The molecule has 8 heteroatoms. The first-order valence-electron chi connectivity index (χ1n) is 5.56. The summed E-state index contributed by atoms with van der Waals surface area (Å²) in [5.41, 5.74) is 5.52. The maximum absolute atomic E-state index is 10.5. The number of para-hydroxylation sites is 1. The number of aromatic hydroxyl groups is 1. The Morgan fingerprint density at radius 2 is 1.67 bits per heavy atom. The van der Waals surface area contributed by atoms with Crippen LogP contribution in [0.1, 0.15) is 10.4 Å². The van der Waals surface area contributed by atoms with Gasteiger partial charge in [-0.3, -0.25) is 4.55 Å². The summed E-state index contributed by atoms with van der Waals surface area (Å²) in [6.45, 7) is 0. The minimum Gasteiger partial charge on any atom is -0.507 e. The molecule has 0 aliphatic rings. The van der Waals surface area contributed by atoms with Crippen molar-refractivity contribution in [1.29, 1.82) is 0 Å². The van der Waals surface area contributed by atoms with Gasteiger partial charge in [0, 0.05) is 5.69 Å². The molecule has 0 radical (unpaired) electrons. The zero-order valence-corrected chi connectivity index (χ0v) is 11.5. The van der Waals surface area contributed by atoms with E-state index < -0.39 is 16.1 Å². The van der Waals surface area contributed by atoms with Gasteiger partial charge in [-0.2, -0.15) is 8.42 Å². The number of nitrogen functional groups attached to an aromatic ring is 1. The first-order valence-corrected chi connectivity index (χ1v) is 7.00. The fourth-order valence-electron chi connectivity index (χ4n) is 1.33. The molecular weight excluding hydrogens is 298 g/mol. The van der Waals surface area contributed by atoms with Gasteiger partial charge < -0.3 is 15.9 Å². The minimum atomic E-state index is -4.11. The highest BCUT2D eigenvalue weighted by molar-refractivity contribution is 7.85. The second kappa shape index (κ2) is 6.73. The molecule has 2 rings (SSSR count). The molecule has 5 N–H and O–H groups in total. The molecule has 2 aromatic carbocycles. The first kappa shape index (κ1) is 16.5. The zero-order chi connectivity index (χ0) is 16.0. The van der Waals surface area contributed by atoms with E-state index in [2.05, 4.69) is 0 Å². The van der Waals surface area contributed by atoms with Crippen molar-refractivity contribution in [3.05, 3.63) is 54.1 Å². The topological polar surface area (TPSA) is 138 Å². The second-order valence-electron chi connectivity index (χ2n) is 3.87. The summed E-state index contributed by atoms with van der Waals surface area (Å²) in [6.07, 6.45) is 0. The van der Waals surface area contributed by atoms with E-state index in [0.717, 1.165) is 0 Å². The SMILES string of the molecule is Nc1cccc(S(=O)(=O)O)c1.O=C(O)c1ccccc1O. The van der Waals surface area contributed by atoms with Gasteiger partial charge in [-0.1, -0.05) is 18.2 Å². The molecular formula is C13H13NO6S. The van der Waals surface area contributed by atoms with Crippen molar-refractivity contribution in [2.24, 2.45) is 0 Å². The predicted octanol–water partition coefficient (Wildman–Crippen LogP) is 1.61. The molecule has 0 unspecified atom stereocenters. The number of anilines is 1. The lowest BCUT2D eigenvalue weighted by Gasteiger charge is -1.96. The molecule has 0 amide bonds. The predicted molar refractivity (Wildman–Crippen MR) is 75.7 cm³/mol. The molecule has 21 heavy (non-hydrogen) atoms. The van der Waals surface area contributed by atoms with E-state index in [9.17, 15) is 13.2 Å². The van der Waals surface area contributed by atoms with Crippen LogP contribution in [0.5, 0.6) is 5.75 Å². The average molecular weight is 311 g/mol. The fraction of sp³-hybridized carbons (Fsp3) is 0. The Bertz CT molecular complexity index is 742. The minimum absolute atomic E-state index is 0.0671. The van der Waals surface area contributed by atoms with E-state index in [1.165, 1.54) is 36.4 Å². The summed E-state index contributed by atoms with van der Waals surface area (Å²) in [4.78, 5) is 10.1. The highest BCUT2D eigenvalue weighted by atomic mass is 32.2. The molecule has 0 heterocycles. The van der Waals surface area contributed by atoms with Crippen LogP contribution in [0.15, 0.2) is 53.4 Å². The lowest BCUT2D eigenvalue weighted by molar-refractivity contribution is 0.0693. The van der Waals surface area contributed by atoms with Gasteiger partial charge in [0.25, 0.3) is 10.1 Å². The number of hydrogen-bond donors (Lipinski definition) is 4. The maximum atomic E-state index is 10.5. The smallest absolute Gasteiger partial charge is 0.339 e. The standard InChI is InChI=1S/C7H6O3.C6H7NO3S/c8-6-4-2-1-3-5(6)7(9)10;7-5-2-1-3-6(4-5)11(8,9)10/h1-4,8H,(H,9,10);1-4H,7H2,(H,8,9,10). The van der Waals surface area contributed by atoms with Crippen molar-refractivity contribution in [3.63, 3.8) is 0 Å². The van der Waals surface area contributed by atoms with Crippen molar-refractivity contribution in [2.45, 2.75) is 4.90 Å². The lowest BCUT2D eigenvalue weighted by Crippen LogP contribution is -1.98. The van der Waals surface area contributed by atoms with Crippen LogP contribution in [0.2, 0.25) is 0 Å². The summed E-state index contributed by atoms with van der Waals surface area (Å²) >= 11 is 0. The highest BCUT2D eigenvalue weighted by Gasteiger charge is 2.07. The molecule has 0 bridgehead atoms. The van der Waals surface area contributed by atoms with E-state index in [4.69, 9.17) is 20.5 Å². The van der Waals surface area contributed by atoms with E-state index in [0.29, 0.717) is 5.69 Å². The molecule has 0 aliphatic carbocycles. The number of carboxylic acid groups (broad SMARTS) is 1. The van der Waals surface area contributed by atoms with Crippen molar-refractivity contribution in [3.8, 4) is 5.75 Å². The number of rotatable bonds is 2. The number of carboxylic acids is 1. The fourth-order valence-corrected chi connectivity index (χ4v) is 1.87. The quantitative estimate of drug-likeness (QED) is 0.488. The number of aromatic carboxylic acids is 1. The first-order chi connectivity index (χ1) is 9.71. The Labute approximate surface area is 121 Å². The van der Waals surface area contributed by atoms with Crippen LogP contribution < -0.4 is 5.73 Å². The van der Waals surface area contributed by atoms with Crippen LogP contribution in [0, 0.1) is 0 Å². The largest absolute Gasteiger partial charge is 0.507 e. The van der Waals surface area contributed by atoms with Crippen LogP contribution >= 0.6 is 0 Å². The molecule has 0 saturated heterocycles. The molecule has 0 saturated carbocycles. The molecule has 2 aromatic rings. The molecule has 112 valence electrons. The Balaban J connectivity index is 0.000000211. The Kier molecular flexibility index (Phi) is 5.28. The van der Waals surface area contributed by atoms with Crippen LogP contribution in [0.3, 0.4) is 0 Å². The third-order valence-electron chi connectivity index (χ3n) is 2.29. The second-order valence-corrected chi connectivity index (χ2v) is 5.29. The Morgan fingerprint density at radius 1 is 1.05 bits per heavy atom. The van der Waals surface area contributed by atoms with Gasteiger partial charge in [0.1, 0.15) is 11.3 Å². The van der Waals surface area contributed by atoms with Crippen LogP contribution in [-0.4, -0.2) is 29.2 Å². The van der Waals surface area contributed by atoms with E-state index in [1.54, 1.807) is 12.1 Å². The number of phenols is 1. The van der Waals surface area contributed by atoms with Gasteiger partial charge in [-0.15, -0.1) is 0 Å². The van der Waals surface area contributed by atoms with E-state index >= 15 is 0 Å². The summed E-state index contributed by atoms with van der Waals surface area (Å²) < 4.78 is 29.5. The van der Waals surface area contributed by atoms with Crippen LogP contribution in [0.25, 0.3) is 0 Å². The third-order valence-corrected chi connectivity index (χ3v) is 3.14. The molecule has 7 nitrogen and oxygen atoms in total. The van der Waals surface area contributed by atoms with Gasteiger partial charge in [0.15, 0.2) is 0 Å². The van der Waals surface area contributed by atoms with Crippen molar-refractivity contribution >= 4 is 21.8 Å². The monoisotopic (exact) mass is 311 g/mol. The van der Waals surface area contributed by atoms with Gasteiger partial charge in [0.05, 0.1) is 4.90 Å². The molecule has 0 aliphatic heterocycles. The third kappa shape index (κ3) is 5.13. The molecule has 0 atom stereocenters. The Hall–Kier alpha value is -2.58. The Morgan fingerprint density at radius 3 is 2.05 bits per heavy atom. The maximum Gasteiger partial charge on any atom is 0.339 e. The normalized spacial score (nSPS) is 10.3. The van der Waals surface area contributed by atoms with Crippen LogP contribution in [0.4, 0.5) is 5.69 Å². The number of hydrogen-bond acceptors (Lipinski definition) is 5. The van der Waals surface area contributed by atoms with Crippen molar-refractivity contribution in [1.82, 2.24) is 0 Å². The van der Waals surface area contributed by atoms with Gasteiger partial charge in [-0.05, 0) is 30.3 Å². The summed E-state index contributed by atoms with van der Waals surface area (Å²) in [5, 5.41) is 17.3. The van der Waals surface area contributed by atoms with Crippen LogP contribution in [-0.2, 0) is 10.1 Å². The number of benzene rings is 2. The highest BCUT2D eigenvalue weighted by Crippen LogP contribution is 2.14. The summed E-state index contributed by atoms with van der Waals surface area (Å²) in [6, 6.07) is 11.3. The summed E-state index contributed by atoms with van der Waals surface area (Å²) in [7, 11) is -4.11. The molecule has 0 spiro atoms.